The molecule has 0 saturated heterocycles. The number of rotatable bonds is 2. The Balaban J connectivity index is 2.15. The van der Waals surface area contributed by atoms with Crippen molar-refractivity contribution in [2.24, 2.45) is 0 Å². The van der Waals surface area contributed by atoms with Crippen LogP contribution in [0.5, 0.6) is 0 Å². The molecule has 1 aromatic carbocycles. The standard InChI is InChI=1S/C14H10N4S/c15-8-10-4-5-12-13(7-10)18(14(19)17-12)9-11-3-1-2-6-16-11/h1-7H,9H2,(H,17,19). The highest BCUT2D eigenvalue weighted by Gasteiger charge is 2.06. The molecule has 3 aromatic rings. The molecule has 0 aliphatic heterocycles. The second kappa shape index (κ2) is 4.67. The number of hydrogen-bond donors (Lipinski definition) is 1. The first-order chi connectivity index (χ1) is 9.28. The predicted molar refractivity (Wildman–Crippen MR) is 75.2 cm³/mol. The molecule has 0 aliphatic rings. The Kier molecular flexibility index (Phi) is 2.86. The summed E-state index contributed by atoms with van der Waals surface area (Å²) in [4.78, 5) is 7.44. The van der Waals surface area contributed by atoms with Crippen LogP contribution in [-0.4, -0.2) is 14.5 Å². The average molecular weight is 266 g/mol. The maximum Gasteiger partial charge on any atom is 0.178 e. The minimum atomic E-state index is 0.592. The lowest BCUT2D eigenvalue weighted by Gasteiger charge is -2.03. The lowest BCUT2D eigenvalue weighted by atomic mass is 10.2. The van der Waals surface area contributed by atoms with Crippen LogP contribution in [-0.2, 0) is 6.54 Å². The molecule has 2 aromatic heterocycles. The minimum Gasteiger partial charge on any atom is -0.331 e. The van der Waals surface area contributed by atoms with E-state index >= 15 is 0 Å². The van der Waals surface area contributed by atoms with Gasteiger partial charge in [0.1, 0.15) is 0 Å². The third-order valence-electron chi connectivity index (χ3n) is 2.95. The largest absolute Gasteiger partial charge is 0.331 e. The zero-order valence-corrected chi connectivity index (χ0v) is 10.8. The van der Waals surface area contributed by atoms with Gasteiger partial charge in [-0.2, -0.15) is 5.26 Å². The smallest absolute Gasteiger partial charge is 0.178 e. The van der Waals surface area contributed by atoms with Gasteiger partial charge in [-0.15, -0.1) is 0 Å². The number of fused-ring (bicyclic) bond motifs is 1. The number of hydrogen-bond acceptors (Lipinski definition) is 3. The second-order valence-corrected chi connectivity index (χ2v) is 4.57. The van der Waals surface area contributed by atoms with Gasteiger partial charge in [-0.3, -0.25) is 4.98 Å². The zero-order valence-electron chi connectivity index (χ0n) is 10.00. The molecule has 0 atom stereocenters. The second-order valence-electron chi connectivity index (χ2n) is 4.18. The van der Waals surface area contributed by atoms with Gasteiger partial charge in [-0.25, -0.2) is 0 Å². The summed E-state index contributed by atoms with van der Waals surface area (Å²) in [5.74, 6) is 0. The summed E-state index contributed by atoms with van der Waals surface area (Å²) in [6.45, 7) is 0.592. The molecule has 3 rings (SSSR count). The number of nitrogens with one attached hydrogen (secondary N) is 1. The first-order valence-corrected chi connectivity index (χ1v) is 6.21. The summed E-state index contributed by atoms with van der Waals surface area (Å²) in [7, 11) is 0. The van der Waals surface area contributed by atoms with Crippen LogP contribution in [0.4, 0.5) is 0 Å². The first-order valence-electron chi connectivity index (χ1n) is 5.80. The van der Waals surface area contributed by atoms with E-state index in [4.69, 9.17) is 17.5 Å². The van der Waals surface area contributed by atoms with Crippen molar-refractivity contribution in [2.75, 3.05) is 0 Å². The summed E-state index contributed by atoms with van der Waals surface area (Å²) >= 11 is 5.33. The van der Waals surface area contributed by atoms with E-state index in [9.17, 15) is 0 Å². The predicted octanol–water partition coefficient (Wildman–Crippen LogP) is 3.01. The molecule has 4 nitrogen and oxygen atoms in total. The fourth-order valence-electron chi connectivity index (χ4n) is 2.03. The quantitative estimate of drug-likeness (QED) is 0.725. The Morgan fingerprint density at radius 3 is 2.95 bits per heavy atom. The third-order valence-corrected chi connectivity index (χ3v) is 3.27. The first kappa shape index (κ1) is 11.6. The molecule has 19 heavy (non-hydrogen) atoms. The van der Waals surface area contributed by atoms with Crippen molar-refractivity contribution in [3.05, 3.63) is 58.6 Å². The fraction of sp³-hybridized carbons (Fsp3) is 0.0714. The van der Waals surface area contributed by atoms with Crippen molar-refractivity contribution < 1.29 is 0 Å². The Morgan fingerprint density at radius 2 is 2.21 bits per heavy atom. The number of aromatic amines is 1. The molecule has 0 bridgehead atoms. The van der Waals surface area contributed by atoms with Crippen molar-refractivity contribution in [2.45, 2.75) is 6.54 Å². The Labute approximate surface area is 115 Å². The van der Waals surface area contributed by atoms with Gasteiger partial charge in [0.15, 0.2) is 4.77 Å². The minimum absolute atomic E-state index is 0.592. The van der Waals surface area contributed by atoms with Gasteiger partial charge in [0.25, 0.3) is 0 Å². The number of nitrogens with zero attached hydrogens (tertiary/aromatic N) is 3. The van der Waals surface area contributed by atoms with Crippen LogP contribution >= 0.6 is 12.2 Å². The number of nitriles is 1. The van der Waals surface area contributed by atoms with E-state index < -0.39 is 0 Å². The van der Waals surface area contributed by atoms with Crippen molar-refractivity contribution in [3.8, 4) is 6.07 Å². The molecule has 0 saturated carbocycles. The topological polar surface area (TPSA) is 57.4 Å². The van der Waals surface area contributed by atoms with Crippen molar-refractivity contribution in [1.29, 1.82) is 5.26 Å². The van der Waals surface area contributed by atoms with Gasteiger partial charge in [0, 0.05) is 6.20 Å². The van der Waals surface area contributed by atoms with Crippen molar-refractivity contribution in [1.82, 2.24) is 14.5 Å². The summed E-state index contributed by atoms with van der Waals surface area (Å²) < 4.78 is 2.59. The summed E-state index contributed by atoms with van der Waals surface area (Å²) in [6, 6.07) is 13.4. The molecule has 0 unspecified atom stereocenters. The molecule has 0 fully saturated rings. The molecule has 0 spiro atoms. The summed E-state index contributed by atoms with van der Waals surface area (Å²) in [5, 5.41) is 8.98. The van der Waals surface area contributed by atoms with Crippen LogP contribution in [0.2, 0.25) is 0 Å². The summed E-state index contributed by atoms with van der Waals surface area (Å²) in [5.41, 5.74) is 3.41. The molecule has 0 aliphatic carbocycles. The molecule has 1 N–H and O–H groups in total. The zero-order chi connectivity index (χ0) is 13.2. The van der Waals surface area contributed by atoms with E-state index in [1.165, 1.54) is 0 Å². The molecular weight excluding hydrogens is 256 g/mol. The number of imidazole rings is 1. The lowest BCUT2D eigenvalue weighted by Crippen LogP contribution is -2.01. The van der Waals surface area contributed by atoms with Crippen LogP contribution < -0.4 is 0 Å². The SMILES string of the molecule is N#Cc1ccc2[nH]c(=S)n(Cc3ccccn3)c2c1. The van der Waals surface area contributed by atoms with Gasteiger partial charge in [0.2, 0.25) is 0 Å². The van der Waals surface area contributed by atoms with E-state index in [1.807, 2.05) is 34.9 Å². The van der Waals surface area contributed by atoms with Crippen molar-refractivity contribution >= 4 is 23.3 Å². The Morgan fingerprint density at radius 1 is 1.32 bits per heavy atom. The Hall–Kier alpha value is -2.45. The highest BCUT2D eigenvalue weighted by molar-refractivity contribution is 7.71. The van der Waals surface area contributed by atoms with Crippen LogP contribution in [0.15, 0.2) is 42.6 Å². The van der Waals surface area contributed by atoms with Gasteiger partial charge < -0.3 is 9.55 Å². The van der Waals surface area contributed by atoms with E-state index in [-0.39, 0.29) is 0 Å². The van der Waals surface area contributed by atoms with Gasteiger partial charge in [-0.1, -0.05) is 6.07 Å². The normalized spacial score (nSPS) is 10.5. The summed E-state index contributed by atoms with van der Waals surface area (Å²) in [6.07, 6.45) is 1.76. The van der Waals surface area contributed by atoms with Crippen LogP contribution in [0.25, 0.3) is 11.0 Å². The lowest BCUT2D eigenvalue weighted by molar-refractivity contribution is 0.785. The maximum atomic E-state index is 8.98. The van der Waals surface area contributed by atoms with E-state index in [2.05, 4.69) is 16.0 Å². The van der Waals surface area contributed by atoms with Crippen molar-refractivity contribution in [3.63, 3.8) is 0 Å². The van der Waals surface area contributed by atoms with Crippen LogP contribution in [0.1, 0.15) is 11.3 Å². The highest BCUT2D eigenvalue weighted by atomic mass is 32.1. The number of benzene rings is 1. The molecule has 0 amide bonds. The van der Waals surface area contributed by atoms with E-state index in [0.29, 0.717) is 16.9 Å². The fourth-order valence-corrected chi connectivity index (χ4v) is 2.31. The molecule has 0 radical (unpaired) electrons. The van der Waals surface area contributed by atoms with Gasteiger partial charge >= 0.3 is 0 Å². The number of H-pyrrole nitrogens is 1. The van der Waals surface area contributed by atoms with E-state index in [0.717, 1.165) is 16.7 Å². The average Bonchev–Trinajstić information content (AvgIpc) is 2.76. The third kappa shape index (κ3) is 2.14. The van der Waals surface area contributed by atoms with Gasteiger partial charge in [0.05, 0.1) is 34.9 Å². The highest BCUT2D eigenvalue weighted by Crippen LogP contribution is 2.17. The van der Waals surface area contributed by atoms with Crippen LogP contribution in [0.3, 0.4) is 0 Å². The molecule has 5 heteroatoms. The van der Waals surface area contributed by atoms with E-state index in [1.54, 1.807) is 12.3 Å². The monoisotopic (exact) mass is 266 g/mol. The Bertz CT molecular complexity index is 824. The maximum absolute atomic E-state index is 8.98. The molecule has 2 heterocycles. The van der Waals surface area contributed by atoms with Gasteiger partial charge in [-0.05, 0) is 42.5 Å². The molecule has 92 valence electrons. The number of pyridine rings is 1. The molecular formula is C14H10N4S. The van der Waals surface area contributed by atoms with Crippen LogP contribution in [0, 0.1) is 16.1 Å². The number of aromatic nitrogens is 3.